The number of rotatable bonds is 10. The van der Waals surface area contributed by atoms with Crippen LogP contribution in [0.3, 0.4) is 0 Å². The van der Waals surface area contributed by atoms with E-state index in [0.29, 0.717) is 29.0 Å². The van der Waals surface area contributed by atoms with Gasteiger partial charge in [-0.3, -0.25) is 9.48 Å². The molecular weight excluding hydrogens is 522 g/mol. The first-order chi connectivity index (χ1) is 19.6. The first-order valence-electron chi connectivity index (χ1n) is 13.6. The smallest absolute Gasteiger partial charge is 0.274 e. The van der Waals surface area contributed by atoms with Crippen LogP contribution in [0.2, 0.25) is 0 Å². The molecule has 3 aromatic heterocycles. The average Bonchev–Trinajstić information content (AvgIpc) is 3.55. The second-order valence-electron chi connectivity index (χ2n) is 10.7. The fourth-order valence-electron chi connectivity index (χ4n) is 4.85. The quantitative estimate of drug-likeness (QED) is 0.187. The molecule has 0 fully saturated rings. The first kappa shape index (κ1) is 28.1. The van der Waals surface area contributed by atoms with E-state index in [1.165, 1.54) is 0 Å². The largest absolute Gasteiger partial charge is 0.394 e. The van der Waals surface area contributed by atoms with E-state index in [1.807, 2.05) is 60.1 Å². The maximum absolute atomic E-state index is 12.9. The van der Waals surface area contributed by atoms with E-state index in [1.54, 1.807) is 30.8 Å². The van der Waals surface area contributed by atoms with E-state index in [9.17, 15) is 15.0 Å². The summed E-state index contributed by atoms with van der Waals surface area (Å²) in [4.78, 5) is 21.9. The number of aliphatic hydroxyl groups is 2. The molecule has 0 spiro atoms. The van der Waals surface area contributed by atoms with Crippen molar-refractivity contribution >= 4 is 28.1 Å². The number of nitrogens with zero attached hydrogens (tertiary/aromatic N) is 5. The third kappa shape index (κ3) is 5.59. The molecule has 0 aliphatic heterocycles. The zero-order valence-electron chi connectivity index (χ0n) is 23.8. The van der Waals surface area contributed by atoms with Crippen LogP contribution in [-0.4, -0.2) is 41.3 Å². The SMILES string of the molecule is CCn1c(=O)c2ccc(Nc3cc(N[C@H](CO)c4ccccc4)c(-c4nc(C(C)(C)O)no4)cn3)cc2n1C(C)C. The molecule has 0 unspecified atom stereocenters. The molecule has 0 saturated heterocycles. The number of hydrogen-bond acceptors (Lipinski definition) is 9. The highest BCUT2D eigenvalue weighted by Crippen LogP contribution is 2.33. The molecule has 11 heteroatoms. The van der Waals surface area contributed by atoms with Gasteiger partial charge in [0, 0.05) is 30.5 Å². The Morgan fingerprint density at radius 1 is 1.10 bits per heavy atom. The van der Waals surface area contributed by atoms with Crippen LogP contribution < -0.4 is 16.2 Å². The number of aromatic nitrogens is 5. The number of benzene rings is 2. The van der Waals surface area contributed by atoms with Crippen LogP contribution in [-0.2, 0) is 12.1 Å². The molecule has 3 heterocycles. The lowest BCUT2D eigenvalue weighted by molar-refractivity contribution is 0.0661. The van der Waals surface area contributed by atoms with E-state index in [0.717, 1.165) is 16.8 Å². The lowest BCUT2D eigenvalue weighted by Crippen LogP contribution is -2.23. The maximum atomic E-state index is 12.9. The summed E-state index contributed by atoms with van der Waals surface area (Å²) >= 11 is 0. The second-order valence-corrected chi connectivity index (χ2v) is 10.7. The monoisotopic (exact) mass is 557 g/mol. The Kier molecular flexibility index (Phi) is 7.65. The van der Waals surface area contributed by atoms with Crippen molar-refractivity contribution in [2.75, 3.05) is 17.2 Å². The van der Waals surface area contributed by atoms with Gasteiger partial charge in [0.1, 0.15) is 11.4 Å². The third-order valence-corrected chi connectivity index (χ3v) is 6.85. The van der Waals surface area contributed by atoms with Crippen LogP contribution in [0.4, 0.5) is 17.2 Å². The normalized spacial score (nSPS) is 12.7. The summed E-state index contributed by atoms with van der Waals surface area (Å²) < 4.78 is 9.24. The highest BCUT2D eigenvalue weighted by molar-refractivity contribution is 5.84. The van der Waals surface area contributed by atoms with Gasteiger partial charge in [0.15, 0.2) is 0 Å². The predicted octanol–water partition coefficient (Wildman–Crippen LogP) is 4.97. The van der Waals surface area contributed by atoms with Gasteiger partial charge in [-0.05, 0) is 58.4 Å². The van der Waals surface area contributed by atoms with Crippen LogP contribution in [0.1, 0.15) is 58.1 Å². The highest BCUT2D eigenvalue weighted by Gasteiger charge is 2.25. The molecule has 11 nitrogen and oxygen atoms in total. The summed E-state index contributed by atoms with van der Waals surface area (Å²) in [5.41, 5.74) is 2.29. The number of pyridine rings is 1. The van der Waals surface area contributed by atoms with Crippen molar-refractivity contribution in [2.45, 2.75) is 58.8 Å². The van der Waals surface area contributed by atoms with Crippen LogP contribution in [0.5, 0.6) is 0 Å². The Labute approximate surface area is 237 Å². The topological polar surface area (TPSA) is 143 Å². The minimum atomic E-state index is -1.28. The van der Waals surface area contributed by atoms with Crippen molar-refractivity contribution in [3.8, 4) is 11.5 Å². The van der Waals surface area contributed by atoms with Crippen LogP contribution >= 0.6 is 0 Å². The zero-order chi connectivity index (χ0) is 29.3. The Hall–Kier alpha value is -4.48. The minimum absolute atomic E-state index is 0.0161. The second kappa shape index (κ2) is 11.2. The molecular formula is C30H35N7O4. The average molecular weight is 558 g/mol. The standard InChI is InChI=1S/C30H35N7O4/c1-6-36-28(39)21-13-12-20(14-25(21)37(36)18(2)3)32-26-15-23(33-24(17-38)19-10-8-7-9-11-19)22(16-31-26)27-34-29(35-41-27)30(4,5)40/h7-16,18,24,38,40H,6,17H2,1-5H3,(H2,31,32,33)/t24-/m1/s1. The molecule has 0 bridgehead atoms. The van der Waals surface area contributed by atoms with Crippen LogP contribution in [0.15, 0.2) is 70.1 Å². The van der Waals surface area contributed by atoms with E-state index >= 15 is 0 Å². The Bertz CT molecular complexity index is 1710. The number of fused-ring (bicyclic) bond motifs is 1. The molecule has 41 heavy (non-hydrogen) atoms. The third-order valence-electron chi connectivity index (χ3n) is 6.85. The lowest BCUT2D eigenvalue weighted by atomic mass is 10.1. The summed E-state index contributed by atoms with van der Waals surface area (Å²) in [7, 11) is 0. The van der Waals surface area contributed by atoms with Crippen molar-refractivity contribution in [1.29, 1.82) is 0 Å². The first-order valence-corrected chi connectivity index (χ1v) is 13.6. The molecule has 4 N–H and O–H groups in total. The fourth-order valence-corrected chi connectivity index (χ4v) is 4.85. The van der Waals surface area contributed by atoms with E-state index < -0.39 is 11.6 Å². The number of anilines is 3. The summed E-state index contributed by atoms with van der Waals surface area (Å²) in [5.74, 6) is 0.846. The van der Waals surface area contributed by atoms with Crippen LogP contribution in [0, 0.1) is 0 Å². The molecule has 5 aromatic rings. The molecule has 2 aromatic carbocycles. The molecule has 0 aliphatic carbocycles. The van der Waals surface area contributed by atoms with E-state index in [4.69, 9.17) is 4.52 Å². The van der Waals surface area contributed by atoms with Gasteiger partial charge in [-0.2, -0.15) is 4.98 Å². The van der Waals surface area contributed by atoms with E-state index in [2.05, 4.69) is 39.6 Å². The van der Waals surface area contributed by atoms with Gasteiger partial charge >= 0.3 is 0 Å². The van der Waals surface area contributed by atoms with E-state index in [-0.39, 0.29) is 29.9 Å². The van der Waals surface area contributed by atoms with Crippen molar-refractivity contribution in [3.63, 3.8) is 0 Å². The molecule has 1 atom stereocenters. The van der Waals surface area contributed by atoms with Crippen molar-refractivity contribution in [1.82, 2.24) is 24.5 Å². The van der Waals surface area contributed by atoms with Gasteiger partial charge in [-0.1, -0.05) is 35.5 Å². The summed E-state index contributed by atoms with van der Waals surface area (Å²) in [6.45, 7) is 9.63. The Morgan fingerprint density at radius 2 is 1.85 bits per heavy atom. The molecule has 5 rings (SSSR count). The van der Waals surface area contributed by atoms with Crippen LogP contribution in [0.25, 0.3) is 22.4 Å². The zero-order valence-corrected chi connectivity index (χ0v) is 23.8. The molecule has 0 saturated carbocycles. The van der Waals surface area contributed by atoms with Gasteiger partial charge < -0.3 is 25.4 Å². The molecule has 214 valence electrons. The summed E-state index contributed by atoms with van der Waals surface area (Å²) in [5, 5.41) is 31.9. The van der Waals surface area contributed by atoms with Crippen molar-refractivity contribution in [3.05, 3.63) is 82.5 Å². The van der Waals surface area contributed by atoms with Gasteiger partial charge in [0.05, 0.1) is 34.8 Å². The van der Waals surface area contributed by atoms with Crippen molar-refractivity contribution < 1.29 is 14.7 Å². The summed E-state index contributed by atoms with van der Waals surface area (Å²) in [6.07, 6.45) is 1.60. The summed E-state index contributed by atoms with van der Waals surface area (Å²) in [6, 6.07) is 16.7. The van der Waals surface area contributed by atoms with Gasteiger partial charge in [-0.25, -0.2) is 9.67 Å². The Balaban J connectivity index is 1.55. The minimum Gasteiger partial charge on any atom is -0.394 e. The molecule has 0 amide bonds. The maximum Gasteiger partial charge on any atom is 0.274 e. The predicted molar refractivity (Wildman–Crippen MR) is 158 cm³/mol. The van der Waals surface area contributed by atoms with Gasteiger partial charge in [0.2, 0.25) is 5.82 Å². The van der Waals surface area contributed by atoms with Gasteiger partial charge in [0.25, 0.3) is 11.4 Å². The van der Waals surface area contributed by atoms with Crippen molar-refractivity contribution in [2.24, 2.45) is 0 Å². The number of aliphatic hydroxyl groups excluding tert-OH is 1. The molecule has 0 radical (unpaired) electrons. The number of hydrogen-bond donors (Lipinski definition) is 4. The fraction of sp³-hybridized carbons (Fsp3) is 0.333. The lowest BCUT2D eigenvalue weighted by Gasteiger charge is -2.20. The Morgan fingerprint density at radius 3 is 2.49 bits per heavy atom. The van der Waals surface area contributed by atoms with Gasteiger partial charge in [-0.15, -0.1) is 0 Å². The number of nitrogens with one attached hydrogen (secondary N) is 2. The molecule has 0 aliphatic rings. The highest BCUT2D eigenvalue weighted by atomic mass is 16.5.